The van der Waals surface area contributed by atoms with Gasteiger partial charge in [0.2, 0.25) is 0 Å². The second-order valence-electron chi connectivity index (χ2n) is 4.51. The molecule has 2 aromatic rings. The lowest BCUT2D eigenvalue weighted by molar-refractivity contribution is 0.451. The number of aryl methyl sites for hydroxylation is 1. The monoisotopic (exact) mass is 258 g/mol. The van der Waals surface area contributed by atoms with E-state index in [-0.39, 0.29) is 17.2 Å². The fraction of sp³-hybridized carbons (Fsp3) is 0.250. The second kappa shape index (κ2) is 5.22. The van der Waals surface area contributed by atoms with Crippen LogP contribution in [0.2, 0.25) is 0 Å². The molecule has 0 atom stereocenters. The van der Waals surface area contributed by atoms with E-state index in [2.05, 4.69) is 0 Å². The Kier molecular flexibility index (Phi) is 3.65. The standard InChI is InChI=1S/C16H18O3/c1-3-10-9-14(18)13(4-2)15(16(10)19)11-6-5-7-12(17)8-11/h5-9,17-19H,3-4H2,1-2H3. The fourth-order valence-electron chi connectivity index (χ4n) is 2.35. The molecule has 2 rings (SSSR count). The van der Waals surface area contributed by atoms with Gasteiger partial charge in [0.05, 0.1) is 0 Å². The van der Waals surface area contributed by atoms with Gasteiger partial charge in [-0.15, -0.1) is 0 Å². The summed E-state index contributed by atoms with van der Waals surface area (Å²) >= 11 is 0. The topological polar surface area (TPSA) is 60.7 Å². The van der Waals surface area contributed by atoms with Crippen LogP contribution in [0.5, 0.6) is 17.2 Å². The van der Waals surface area contributed by atoms with Crippen LogP contribution >= 0.6 is 0 Å². The molecule has 0 aliphatic carbocycles. The van der Waals surface area contributed by atoms with E-state index in [9.17, 15) is 15.3 Å². The summed E-state index contributed by atoms with van der Waals surface area (Å²) in [7, 11) is 0. The van der Waals surface area contributed by atoms with Crippen molar-refractivity contribution in [2.24, 2.45) is 0 Å². The van der Waals surface area contributed by atoms with E-state index in [1.165, 1.54) is 0 Å². The van der Waals surface area contributed by atoms with Gasteiger partial charge >= 0.3 is 0 Å². The van der Waals surface area contributed by atoms with Crippen molar-refractivity contribution >= 4 is 0 Å². The maximum atomic E-state index is 10.4. The minimum Gasteiger partial charge on any atom is -0.508 e. The minimum atomic E-state index is 0.139. The molecule has 0 heterocycles. The third-order valence-corrected chi connectivity index (χ3v) is 3.33. The molecule has 0 aliphatic heterocycles. The average molecular weight is 258 g/mol. The molecule has 0 unspecified atom stereocenters. The van der Waals surface area contributed by atoms with E-state index in [0.29, 0.717) is 35.1 Å². The molecule has 19 heavy (non-hydrogen) atoms. The zero-order valence-corrected chi connectivity index (χ0v) is 11.1. The van der Waals surface area contributed by atoms with Crippen molar-refractivity contribution in [1.29, 1.82) is 0 Å². The molecule has 0 saturated heterocycles. The first kappa shape index (κ1) is 13.3. The van der Waals surface area contributed by atoms with Crippen LogP contribution in [0.1, 0.15) is 25.0 Å². The number of benzene rings is 2. The Bertz CT molecular complexity index is 603. The molecule has 0 saturated carbocycles. The Labute approximate surface area is 112 Å². The van der Waals surface area contributed by atoms with Crippen LogP contribution in [0.15, 0.2) is 30.3 Å². The summed E-state index contributed by atoms with van der Waals surface area (Å²) in [5.74, 6) is 0.513. The van der Waals surface area contributed by atoms with Crippen LogP contribution in [-0.2, 0) is 12.8 Å². The van der Waals surface area contributed by atoms with Gasteiger partial charge in [-0.05, 0) is 42.2 Å². The number of hydrogen-bond acceptors (Lipinski definition) is 3. The third-order valence-electron chi connectivity index (χ3n) is 3.33. The van der Waals surface area contributed by atoms with Gasteiger partial charge in [0.15, 0.2) is 0 Å². The number of rotatable bonds is 3. The molecule has 3 nitrogen and oxygen atoms in total. The van der Waals surface area contributed by atoms with Crippen molar-refractivity contribution in [2.45, 2.75) is 26.7 Å². The first-order valence-corrected chi connectivity index (χ1v) is 6.44. The molecule has 100 valence electrons. The molecule has 0 radical (unpaired) electrons. The van der Waals surface area contributed by atoms with E-state index in [4.69, 9.17) is 0 Å². The van der Waals surface area contributed by atoms with E-state index < -0.39 is 0 Å². The number of phenols is 3. The fourth-order valence-corrected chi connectivity index (χ4v) is 2.35. The quantitative estimate of drug-likeness (QED) is 0.737. The molecular formula is C16H18O3. The number of hydrogen-bond donors (Lipinski definition) is 3. The predicted molar refractivity (Wildman–Crippen MR) is 75.6 cm³/mol. The Morgan fingerprint density at radius 2 is 1.68 bits per heavy atom. The van der Waals surface area contributed by atoms with Gasteiger partial charge in [-0.2, -0.15) is 0 Å². The Hall–Kier alpha value is -2.16. The highest BCUT2D eigenvalue weighted by Gasteiger charge is 2.17. The molecule has 0 aliphatic rings. The van der Waals surface area contributed by atoms with E-state index in [1.807, 2.05) is 19.9 Å². The summed E-state index contributed by atoms with van der Waals surface area (Å²) in [5.41, 5.74) is 2.71. The SMILES string of the molecule is CCc1cc(O)c(CC)c(-c2cccc(O)c2)c1O. The van der Waals surface area contributed by atoms with Crippen molar-refractivity contribution in [3.8, 4) is 28.4 Å². The van der Waals surface area contributed by atoms with Crippen molar-refractivity contribution in [3.63, 3.8) is 0 Å². The number of phenolic OH excluding ortho intramolecular Hbond substituents is 3. The van der Waals surface area contributed by atoms with E-state index in [1.54, 1.807) is 24.3 Å². The van der Waals surface area contributed by atoms with Crippen LogP contribution in [0.4, 0.5) is 0 Å². The summed E-state index contributed by atoms with van der Waals surface area (Å²) < 4.78 is 0. The van der Waals surface area contributed by atoms with Gasteiger partial charge in [-0.25, -0.2) is 0 Å². The lowest BCUT2D eigenvalue weighted by Gasteiger charge is -2.16. The molecule has 0 bridgehead atoms. The molecule has 3 heteroatoms. The van der Waals surface area contributed by atoms with Crippen LogP contribution in [-0.4, -0.2) is 15.3 Å². The summed E-state index contributed by atoms with van der Waals surface area (Å²) in [4.78, 5) is 0. The van der Waals surface area contributed by atoms with Crippen LogP contribution in [0.25, 0.3) is 11.1 Å². The average Bonchev–Trinajstić information content (AvgIpc) is 2.40. The lowest BCUT2D eigenvalue weighted by atomic mass is 9.92. The maximum Gasteiger partial charge on any atom is 0.127 e. The zero-order valence-electron chi connectivity index (χ0n) is 11.1. The first-order chi connectivity index (χ1) is 9.08. The van der Waals surface area contributed by atoms with Crippen LogP contribution < -0.4 is 0 Å². The van der Waals surface area contributed by atoms with Crippen LogP contribution in [0, 0.1) is 0 Å². The normalized spacial score (nSPS) is 10.6. The van der Waals surface area contributed by atoms with Crippen molar-refractivity contribution in [3.05, 3.63) is 41.5 Å². The van der Waals surface area contributed by atoms with Crippen molar-refractivity contribution in [2.75, 3.05) is 0 Å². The van der Waals surface area contributed by atoms with Gasteiger partial charge in [-0.3, -0.25) is 0 Å². The molecule has 0 amide bonds. The maximum absolute atomic E-state index is 10.4. The Morgan fingerprint density at radius 1 is 0.947 bits per heavy atom. The molecule has 0 aromatic heterocycles. The molecule has 0 spiro atoms. The minimum absolute atomic E-state index is 0.139. The molecular weight excluding hydrogens is 240 g/mol. The summed E-state index contributed by atoms with van der Waals surface area (Å²) in [6.07, 6.45) is 1.24. The summed E-state index contributed by atoms with van der Waals surface area (Å²) in [6, 6.07) is 8.31. The highest BCUT2D eigenvalue weighted by Crippen LogP contribution is 2.41. The van der Waals surface area contributed by atoms with Gasteiger partial charge in [0.25, 0.3) is 0 Å². The molecule has 0 fully saturated rings. The highest BCUT2D eigenvalue weighted by atomic mass is 16.3. The highest BCUT2D eigenvalue weighted by molar-refractivity contribution is 5.78. The molecule has 2 aromatic carbocycles. The van der Waals surface area contributed by atoms with E-state index >= 15 is 0 Å². The lowest BCUT2D eigenvalue weighted by Crippen LogP contribution is -1.94. The van der Waals surface area contributed by atoms with Gasteiger partial charge in [0.1, 0.15) is 17.2 Å². The summed E-state index contributed by atoms with van der Waals surface area (Å²) in [6.45, 7) is 3.85. The van der Waals surface area contributed by atoms with Crippen molar-refractivity contribution in [1.82, 2.24) is 0 Å². The summed E-state index contributed by atoms with van der Waals surface area (Å²) in [5, 5.41) is 30.0. The largest absolute Gasteiger partial charge is 0.508 e. The van der Waals surface area contributed by atoms with Gasteiger partial charge in [0, 0.05) is 11.1 Å². The first-order valence-electron chi connectivity index (χ1n) is 6.44. The molecule has 3 N–H and O–H groups in total. The van der Waals surface area contributed by atoms with Crippen molar-refractivity contribution < 1.29 is 15.3 Å². The van der Waals surface area contributed by atoms with Crippen LogP contribution in [0.3, 0.4) is 0 Å². The second-order valence-corrected chi connectivity index (χ2v) is 4.51. The van der Waals surface area contributed by atoms with Gasteiger partial charge < -0.3 is 15.3 Å². The number of aromatic hydroxyl groups is 3. The third kappa shape index (κ3) is 2.36. The predicted octanol–water partition coefficient (Wildman–Crippen LogP) is 3.60. The Morgan fingerprint density at radius 3 is 2.26 bits per heavy atom. The zero-order chi connectivity index (χ0) is 14.0. The smallest absolute Gasteiger partial charge is 0.127 e. The Balaban J connectivity index is 2.76. The van der Waals surface area contributed by atoms with Gasteiger partial charge in [-0.1, -0.05) is 26.0 Å². The van der Waals surface area contributed by atoms with E-state index in [0.717, 1.165) is 0 Å².